The van der Waals surface area contributed by atoms with Gasteiger partial charge in [-0.2, -0.15) is 0 Å². The van der Waals surface area contributed by atoms with E-state index in [-0.39, 0.29) is 5.91 Å². The van der Waals surface area contributed by atoms with Gasteiger partial charge in [-0.3, -0.25) is 9.78 Å². The molecule has 1 amide bonds. The van der Waals surface area contributed by atoms with Crippen LogP contribution in [-0.4, -0.2) is 16.9 Å². The van der Waals surface area contributed by atoms with Crippen LogP contribution in [0.2, 0.25) is 0 Å². The highest BCUT2D eigenvalue weighted by atomic mass is 16.1. The highest BCUT2D eigenvalue weighted by Crippen LogP contribution is 2.23. The van der Waals surface area contributed by atoms with Gasteiger partial charge in [0.2, 0.25) is 5.91 Å². The molecule has 18 heavy (non-hydrogen) atoms. The van der Waals surface area contributed by atoms with Gasteiger partial charge in [-0.15, -0.1) is 0 Å². The monoisotopic (exact) mass is 244 g/mol. The molecule has 3 heteroatoms. The first-order chi connectivity index (χ1) is 8.74. The van der Waals surface area contributed by atoms with Crippen molar-refractivity contribution in [1.29, 1.82) is 0 Å². The van der Waals surface area contributed by atoms with Crippen LogP contribution in [-0.2, 0) is 4.79 Å². The fourth-order valence-corrected chi connectivity index (χ4v) is 2.30. The SMILES string of the molecule is CC1CCC(NC(=O)C=Cc2cccnc2)CC1. The first-order valence-electron chi connectivity index (χ1n) is 6.62. The number of nitrogens with zero attached hydrogens (tertiary/aromatic N) is 1. The minimum atomic E-state index is -0.00148. The summed E-state index contributed by atoms with van der Waals surface area (Å²) in [6, 6.07) is 4.14. The summed E-state index contributed by atoms with van der Waals surface area (Å²) in [6.45, 7) is 2.28. The Kier molecular flexibility index (Phi) is 4.51. The van der Waals surface area contributed by atoms with Crippen LogP contribution in [0.1, 0.15) is 38.2 Å². The van der Waals surface area contributed by atoms with Gasteiger partial charge in [0.25, 0.3) is 0 Å². The van der Waals surface area contributed by atoms with Crippen molar-refractivity contribution < 1.29 is 4.79 Å². The maximum atomic E-state index is 11.7. The molecule has 1 aromatic rings. The predicted octanol–water partition coefficient (Wildman–Crippen LogP) is 2.79. The Hall–Kier alpha value is -1.64. The van der Waals surface area contributed by atoms with Gasteiger partial charge in [0.05, 0.1) is 0 Å². The van der Waals surface area contributed by atoms with Crippen molar-refractivity contribution >= 4 is 12.0 Å². The van der Waals surface area contributed by atoms with Crippen LogP contribution >= 0.6 is 0 Å². The third-order valence-corrected chi connectivity index (χ3v) is 3.47. The summed E-state index contributed by atoms with van der Waals surface area (Å²) < 4.78 is 0. The summed E-state index contributed by atoms with van der Waals surface area (Å²) in [5.41, 5.74) is 0.949. The fraction of sp³-hybridized carbons (Fsp3) is 0.467. The van der Waals surface area contributed by atoms with Crippen molar-refractivity contribution in [3.8, 4) is 0 Å². The van der Waals surface area contributed by atoms with Crippen molar-refractivity contribution in [2.24, 2.45) is 5.92 Å². The molecular weight excluding hydrogens is 224 g/mol. The molecule has 0 unspecified atom stereocenters. The molecule has 0 spiro atoms. The number of amides is 1. The van der Waals surface area contributed by atoms with Crippen molar-refractivity contribution in [3.63, 3.8) is 0 Å². The minimum absolute atomic E-state index is 0.00148. The summed E-state index contributed by atoms with van der Waals surface area (Å²) in [5, 5.41) is 3.06. The maximum Gasteiger partial charge on any atom is 0.244 e. The van der Waals surface area contributed by atoms with Gasteiger partial charge in [0.1, 0.15) is 0 Å². The summed E-state index contributed by atoms with van der Waals surface area (Å²) in [5.74, 6) is 0.808. The molecular formula is C15H20N2O. The Bertz CT molecular complexity index is 406. The third kappa shape index (κ3) is 3.99. The second-order valence-electron chi connectivity index (χ2n) is 5.09. The number of aromatic nitrogens is 1. The zero-order valence-corrected chi connectivity index (χ0v) is 10.8. The number of carbonyl (C=O) groups excluding carboxylic acids is 1. The Morgan fingerprint density at radius 2 is 2.17 bits per heavy atom. The summed E-state index contributed by atoms with van der Waals surface area (Å²) in [7, 11) is 0. The molecule has 3 nitrogen and oxygen atoms in total. The zero-order valence-electron chi connectivity index (χ0n) is 10.8. The van der Waals surface area contributed by atoms with E-state index in [1.54, 1.807) is 24.5 Å². The Balaban J connectivity index is 1.80. The van der Waals surface area contributed by atoms with Gasteiger partial charge >= 0.3 is 0 Å². The molecule has 0 atom stereocenters. The lowest BCUT2D eigenvalue weighted by atomic mass is 9.87. The van der Waals surface area contributed by atoms with E-state index in [1.165, 1.54) is 12.8 Å². The lowest BCUT2D eigenvalue weighted by Gasteiger charge is -2.26. The van der Waals surface area contributed by atoms with E-state index in [2.05, 4.69) is 17.2 Å². The summed E-state index contributed by atoms with van der Waals surface area (Å²) in [4.78, 5) is 15.8. The van der Waals surface area contributed by atoms with Gasteiger partial charge < -0.3 is 5.32 Å². The van der Waals surface area contributed by atoms with Crippen LogP contribution in [0.5, 0.6) is 0 Å². The number of carbonyl (C=O) groups is 1. The normalized spacial score (nSPS) is 24.1. The highest BCUT2D eigenvalue weighted by Gasteiger charge is 2.18. The number of nitrogens with one attached hydrogen (secondary N) is 1. The predicted molar refractivity (Wildman–Crippen MR) is 72.8 cm³/mol. The van der Waals surface area contributed by atoms with E-state index >= 15 is 0 Å². The van der Waals surface area contributed by atoms with Crippen LogP contribution in [0.3, 0.4) is 0 Å². The maximum absolute atomic E-state index is 11.7. The van der Waals surface area contributed by atoms with Crippen LogP contribution in [0.4, 0.5) is 0 Å². The number of hydrogen-bond acceptors (Lipinski definition) is 2. The molecule has 2 rings (SSSR count). The first-order valence-corrected chi connectivity index (χ1v) is 6.62. The number of hydrogen-bond donors (Lipinski definition) is 1. The molecule has 1 saturated carbocycles. The first kappa shape index (κ1) is 12.8. The van der Waals surface area contributed by atoms with Crippen molar-refractivity contribution in [1.82, 2.24) is 10.3 Å². The largest absolute Gasteiger partial charge is 0.350 e. The smallest absolute Gasteiger partial charge is 0.244 e. The van der Waals surface area contributed by atoms with E-state index < -0.39 is 0 Å². The Labute approximate surface area is 108 Å². The Morgan fingerprint density at radius 1 is 1.39 bits per heavy atom. The molecule has 1 fully saturated rings. The average Bonchev–Trinajstić information content (AvgIpc) is 2.40. The standard InChI is InChI=1S/C15H20N2O/c1-12-4-7-14(8-5-12)17-15(18)9-6-13-3-2-10-16-11-13/h2-3,6,9-12,14H,4-5,7-8H2,1H3,(H,17,18). The van der Waals surface area contributed by atoms with E-state index in [0.29, 0.717) is 6.04 Å². The van der Waals surface area contributed by atoms with E-state index in [1.807, 2.05) is 12.1 Å². The lowest BCUT2D eigenvalue weighted by molar-refractivity contribution is -0.117. The fourth-order valence-electron chi connectivity index (χ4n) is 2.30. The topological polar surface area (TPSA) is 42.0 Å². The van der Waals surface area contributed by atoms with Gasteiger partial charge in [-0.1, -0.05) is 13.0 Å². The molecule has 1 aromatic heterocycles. The summed E-state index contributed by atoms with van der Waals surface area (Å²) >= 11 is 0. The Morgan fingerprint density at radius 3 is 2.83 bits per heavy atom. The van der Waals surface area contributed by atoms with E-state index in [0.717, 1.165) is 24.3 Å². The van der Waals surface area contributed by atoms with Gasteiger partial charge in [-0.25, -0.2) is 0 Å². The molecule has 1 heterocycles. The van der Waals surface area contributed by atoms with Crippen LogP contribution in [0.25, 0.3) is 6.08 Å². The van der Waals surface area contributed by atoms with Crippen LogP contribution in [0, 0.1) is 5.92 Å². The second kappa shape index (κ2) is 6.34. The molecule has 1 N–H and O–H groups in total. The molecule has 0 bridgehead atoms. The van der Waals surface area contributed by atoms with Gasteiger partial charge in [0.15, 0.2) is 0 Å². The summed E-state index contributed by atoms with van der Waals surface area (Å²) in [6.07, 6.45) is 11.5. The van der Waals surface area contributed by atoms with Gasteiger partial charge in [-0.05, 0) is 49.3 Å². The van der Waals surface area contributed by atoms with Crippen LogP contribution < -0.4 is 5.32 Å². The highest BCUT2D eigenvalue weighted by molar-refractivity contribution is 5.91. The third-order valence-electron chi connectivity index (χ3n) is 3.47. The molecule has 96 valence electrons. The minimum Gasteiger partial charge on any atom is -0.350 e. The second-order valence-corrected chi connectivity index (χ2v) is 5.09. The van der Waals surface area contributed by atoms with Crippen LogP contribution in [0.15, 0.2) is 30.6 Å². The van der Waals surface area contributed by atoms with Crippen molar-refractivity contribution in [3.05, 3.63) is 36.2 Å². The van der Waals surface area contributed by atoms with Gasteiger partial charge in [0, 0.05) is 24.5 Å². The quantitative estimate of drug-likeness (QED) is 0.831. The molecule has 0 saturated heterocycles. The molecule has 0 aromatic carbocycles. The number of rotatable bonds is 3. The molecule has 1 aliphatic carbocycles. The van der Waals surface area contributed by atoms with E-state index in [9.17, 15) is 4.79 Å². The molecule has 0 aliphatic heterocycles. The van der Waals surface area contributed by atoms with Crippen molar-refractivity contribution in [2.45, 2.75) is 38.6 Å². The molecule has 0 radical (unpaired) electrons. The van der Waals surface area contributed by atoms with Crippen molar-refractivity contribution in [2.75, 3.05) is 0 Å². The zero-order chi connectivity index (χ0) is 12.8. The van der Waals surface area contributed by atoms with E-state index in [4.69, 9.17) is 0 Å². The number of pyridine rings is 1. The average molecular weight is 244 g/mol. The lowest BCUT2D eigenvalue weighted by Crippen LogP contribution is -2.36. The molecule has 1 aliphatic rings.